The molecule has 5 heterocycles. The molecule has 0 amide bonds. The Morgan fingerprint density at radius 2 is 1.27 bits per heavy atom. The molecule has 2 unspecified atom stereocenters. The Labute approximate surface area is 347 Å². The van der Waals surface area contributed by atoms with Gasteiger partial charge in [-0.1, -0.05) is 97.1 Å². The van der Waals surface area contributed by atoms with Crippen LogP contribution in [0.3, 0.4) is 0 Å². The van der Waals surface area contributed by atoms with Gasteiger partial charge >= 0.3 is 0 Å². The van der Waals surface area contributed by atoms with E-state index in [4.69, 9.17) is 19.9 Å². The Kier molecular flexibility index (Phi) is 8.15. The Morgan fingerprint density at radius 1 is 0.533 bits per heavy atom. The van der Waals surface area contributed by atoms with Crippen molar-refractivity contribution in [3.8, 4) is 33.8 Å². The summed E-state index contributed by atoms with van der Waals surface area (Å²) in [4.78, 5) is 29.4. The van der Waals surface area contributed by atoms with E-state index in [-0.39, 0.29) is 5.92 Å². The lowest BCUT2D eigenvalue weighted by molar-refractivity contribution is 0.590. The molecule has 0 saturated heterocycles. The van der Waals surface area contributed by atoms with Gasteiger partial charge in [-0.3, -0.25) is 9.97 Å². The average molecular weight is 771 g/mol. The van der Waals surface area contributed by atoms with E-state index in [2.05, 4.69) is 137 Å². The molecule has 60 heavy (non-hydrogen) atoms. The van der Waals surface area contributed by atoms with Crippen molar-refractivity contribution in [2.45, 2.75) is 37.5 Å². The molecule has 0 saturated carbocycles. The van der Waals surface area contributed by atoms with Crippen molar-refractivity contribution in [2.24, 2.45) is 0 Å². The maximum Gasteiger partial charge on any atom is 0.133 e. The van der Waals surface area contributed by atoms with E-state index in [1.807, 2.05) is 36.8 Å². The SMILES string of the molecule is C1=CC(c2cccc(-c3ccc4ccc5ccc(C6=CCC(c7nc(-c8ccncc8)cc(-c8cccnc8)n7)CC6)nc5c4n3)c2)CC2=C1c1cccc3cccc2c13. The third-order valence-electron chi connectivity index (χ3n) is 12.7. The highest BCUT2D eigenvalue weighted by molar-refractivity contribution is 6.16. The van der Waals surface area contributed by atoms with E-state index in [9.17, 15) is 0 Å². The largest absolute Gasteiger partial charge is 0.265 e. The van der Waals surface area contributed by atoms with Crippen molar-refractivity contribution in [3.63, 3.8) is 0 Å². The minimum atomic E-state index is 0.193. The van der Waals surface area contributed by atoms with Gasteiger partial charge in [0, 0.05) is 64.1 Å². The number of benzene rings is 4. The van der Waals surface area contributed by atoms with Crippen molar-refractivity contribution in [2.75, 3.05) is 0 Å². The van der Waals surface area contributed by atoms with Gasteiger partial charge in [0.15, 0.2) is 0 Å². The van der Waals surface area contributed by atoms with Gasteiger partial charge in [-0.15, -0.1) is 0 Å². The first-order valence-electron chi connectivity index (χ1n) is 20.8. The van der Waals surface area contributed by atoms with Gasteiger partial charge in [0.2, 0.25) is 0 Å². The predicted octanol–water partition coefficient (Wildman–Crippen LogP) is 12.8. The summed E-state index contributed by atoms with van der Waals surface area (Å²) in [5, 5.41) is 4.89. The van der Waals surface area contributed by atoms with Crippen molar-refractivity contribution < 1.29 is 0 Å². The second kappa shape index (κ2) is 14.1. The average Bonchev–Trinajstić information content (AvgIpc) is 3.65. The van der Waals surface area contributed by atoms with E-state index in [1.165, 1.54) is 44.2 Å². The lowest BCUT2D eigenvalue weighted by Crippen LogP contribution is -2.10. The first kappa shape index (κ1) is 34.6. The van der Waals surface area contributed by atoms with E-state index in [0.717, 1.165) is 92.8 Å². The maximum absolute atomic E-state index is 5.34. The second-order valence-corrected chi connectivity index (χ2v) is 16.2. The lowest BCUT2D eigenvalue weighted by Gasteiger charge is -2.22. The molecule has 6 heteroatoms. The Morgan fingerprint density at radius 3 is 2.05 bits per heavy atom. The summed E-state index contributed by atoms with van der Waals surface area (Å²) < 4.78 is 0. The first-order chi connectivity index (χ1) is 29.7. The van der Waals surface area contributed by atoms with Crippen molar-refractivity contribution in [1.82, 2.24) is 29.9 Å². The molecule has 5 aromatic heterocycles. The Balaban J connectivity index is 0.838. The summed E-state index contributed by atoms with van der Waals surface area (Å²) in [5.41, 5.74) is 16.9. The van der Waals surface area contributed by atoms with Gasteiger partial charge in [0.25, 0.3) is 0 Å². The smallest absolute Gasteiger partial charge is 0.133 e. The number of hydrogen-bond acceptors (Lipinski definition) is 6. The minimum Gasteiger partial charge on any atom is -0.265 e. The molecule has 0 fully saturated rings. The number of rotatable bonds is 6. The zero-order chi connectivity index (χ0) is 39.6. The van der Waals surface area contributed by atoms with E-state index < -0.39 is 0 Å². The molecule has 0 aliphatic heterocycles. The van der Waals surface area contributed by atoms with Crippen LogP contribution in [0.5, 0.6) is 0 Å². The van der Waals surface area contributed by atoms with Crippen molar-refractivity contribution >= 4 is 49.3 Å². The summed E-state index contributed by atoms with van der Waals surface area (Å²) in [6.45, 7) is 0. The fourth-order valence-electron chi connectivity index (χ4n) is 9.58. The highest BCUT2D eigenvalue weighted by Crippen LogP contribution is 2.49. The zero-order valence-corrected chi connectivity index (χ0v) is 32.8. The predicted molar refractivity (Wildman–Crippen MR) is 243 cm³/mol. The van der Waals surface area contributed by atoms with E-state index in [1.54, 1.807) is 6.20 Å². The number of hydrogen-bond donors (Lipinski definition) is 0. The van der Waals surface area contributed by atoms with E-state index in [0.29, 0.717) is 5.92 Å². The van der Waals surface area contributed by atoms with Crippen LogP contribution in [0.4, 0.5) is 0 Å². The molecule has 3 aliphatic rings. The lowest BCUT2D eigenvalue weighted by atomic mass is 9.83. The molecule has 0 spiro atoms. The van der Waals surface area contributed by atoms with Crippen molar-refractivity contribution in [3.05, 3.63) is 199 Å². The summed E-state index contributed by atoms with van der Waals surface area (Å²) in [6.07, 6.45) is 18.0. The number of pyridine rings is 4. The molecule has 284 valence electrons. The molecule has 2 atom stereocenters. The summed E-state index contributed by atoms with van der Waals surface area (Å²) >= 11 is 0. The molecule has 6 nitrogen and oxygen atoms in total. The van der Waals surface area contributed by atoms with Gasteiger partial charge in [-0.2, -0.15) is 0 Å². The van der Waals surface area contributed by atoms with Gasteiger partial charge in [-0.25, -0.2) is 19.9 Å². The zero-order valence-electron chi connectivity index (χ0n) is 32.8. The standard InChI is InChI=1S/C54H38N6/c1-7-39(40-18-21-43-44-10-2-5-35-6-3-11-45(51(35)44)46(43)30-40)29-41(8-1)48-23-20-37-15-14-36-19-22-47(57-52(36)53(37)58-48)33-12-16-38(17-13-33)54-59-49(34-24-27-55-28-25-34)31-50(60-54)42-9-4-26-56-32-42/h1-12,14-15,18-29,31-32,38,40H,13,16-17,30H2. The van der Waals surface area contributed by atoms with Crippen LogP contribution in [-0.2, 0) is 0 Å². The summed E-state index contributed by atoms with van der Waals surface area (Å²) in [6, 6.07) is 45.4. The third-order valence-corrected chi connectivity index (χ3v) is 12.7. The minimum absolute atomic E-state index is 0.193. The van der Waals surface area contributed by atoms with Gasteiger partial charge < -0.3 is 0 Å². The van der Waals surface area contributed by atoms with Crippen LogP contribution < -0.4 is 0 Å². The van der Waals surface area contributed by atoms with Crippen LogP contribution in [0, 0.1) is 0 Å². The quantitative estimate of drug-likeness (QED) is 0.157. The summed E-state index contributed by atoms with van der Waals surface area (Å²) in [5.74, 6) is 1.35. The number of nitrogens with zero attached hydrogens (tertiary/aromatic N) is 6. The molecule has 0 radical (unpaired) electrons. The van der Waals surface area contributed by atoms with Crippen molar-refractivity contribution in [1.29, 1.82) is 0 Å². The molecule has 12 rings (SSSR count). The third kappa shape index (κ3) is 5.94. The molecule has 4 aromatic carbocycles. The molecular weight excluding hydrogens is 733 g/mol. The van der Waals surface area contributed by atoms with Gasteiger partial charge in [0.05, 0.1) is 33.8 Å². The van der Waals surface area contributed by atoms with Gasteiger partial charge in [0.1, 0.15) is 5.82 Å². The van der Waals surface area contributed by atoms with Crippen LogP contribution in [0.1, 0.15) is 65.7 Å². The van der Waals surface area contributed by atoms with Gasteiger partial charge in [-0.05, 0) is 118 Å². The monoisotopic (exact) mass is 770 g/mol. The first-order valence-corrected chi connectivity index (χ1v) is 20.8. The number of aromatic nitrogens is 6. The van der Waals surface area contributed by atoms with Crippen LogP contribution in [-0.4, -0.2) is 29.9 Å². The molecular formula is C54H38N6. The second-order valence-electron chi connectivity index (χ2n) is 16.2. The maximum atomic E-state index is 5.34. The number of allylic oxidation sites excluding steroid dienone is 6. The molecule has 0 N–H and O–H groups in total. The topological polar surface area (TPSA) is 77.3 Å². The Bertz CT molecular complexity index is 3210. The van der Waals surface area contributed by atoms with Crippen LogP contribution in [0.2, 0.25) is 0 Å². The fourth-order valence-corrected chi connectivity index (χ4v) is 9.58. The fraction of sp³-hybridized carbons (Fsp3) is 0.111. The van der Waals surface area contributed by atoms with Crippen LogP contribution in [0.25, 0.3) is 83.1 Å². The highest BCUT2D eigenvalue weighted by Gasteiger charge is 2.28. The highest BCUT2D eigenvalue weighted by atomic mass is 14.9. The van der Waals surface area contributed by atoms with E-state index >= 15 is 0 Å². The molecule has 9 aromatic rings. The molecule has 3 aliphatic carbocycles. The molecule has 0 bridgehead atoms. The van der Waals surface area contributed by atoms with Crippen LogP contribution in [0.15, 0.2) is 170 Å². The normalized spacial score (nSPS) is 17.0. The van der Waals surface area contributed by atoms with Crippen LogP contribution >= 0.6 is 0 Å². The Hall–Kier alpha value is -7.44. The summed E-state index contributed by atoms with van der Waals surface area (Å²) in [7, 11) is 0. The number of fused-ring (bicyclic) bond motifs is 5.